The number of hydrogen-bond donors (Lipinski definition) is 0. The summed E-state index contributed by atoms with van der Waals surface area (Å²) in [6.45, 7) is 1.99. The zero-order valence-corrected chi connectivity index (χ0v) is 8.57. The van der Waals surface area contributed by atoms with Gasteiger partial charge in [-0.15, -0.1) is 6.42 Å². The Labute approximate surface area is 89.8 Å². The van der Waals surface area contributed by atoms with Crippen molar-refractivity contribution in [2.24, 2.45) is 0 Å². The molecule has 0 amide bonds. The van der Waals surface area contributed by atoms with Crippen LogP contribution in [-0.4, -0.2) is 4.98 Å². The van der Waals surface area contributed by atoms with Gasteiger partial charge in [0.1, 0.15) is 0 Å². The van der Waals surface area contributed by atoms with Crippen molar-refractivity contribution in [3.8, 4) is 23.5 Å². The van der Waals surface area contributed by atoms with Gasteiger partial charge in [-0.2, -0.15) is 0 Å². The van der Waals surface area contributed by atoms with Crippen molar-refractivity contribution < 1.29 is 0 Å². The van der Waals surface area contributed by atoms with E-state index in [4.69, 9.17) is 6.42 Å². The minimum atomic E-state index is 0.911. The third kappa shape index (κ3) is 1.75. The maximum atomic E-state index is 5.47. The molecular formula is C14H11N. The summed E-state index contributed by atoms with van der Waals surface area (Å²) in [7, 11) is 0. The van der Waals surface area contributed by atoms with E-state index in [1.54, 1.807) is 6.20 Å². The van der Waals surface area contributed by atoms with Crippen molar-refractivity contribution in [3.63, 3.8) is 0 Å². The largest absolute Gasteiger partial charge is 0.261 e. The van der Waals surface area contributed by atoms with Crippen LogP contribution < -0.4 is 0 Å². The molecule has 0 saturated heterocycles. The van der Waals surface area contributed by atoms with Crippen LogP contribution in [-0.2, 0) is 0 Å². The number of benzene rings is 1. The van der Waals surface area contributed by atoms with Gasteiger partial charge in [0.2, 0.25) is 0 Å². The molecule has 0 aliphatic heterocycles. The number of nitrogens with zero attached hydrogens (tertiary/aromatic N) is 1. The highest BCUT2D eigenvalue weighted by Gasteiger charge is 2.04. The van der Waals surface area contributed by atoms with Gasteiger partial charge in [-0.1, -0.05) is 30.2 Å². The lowest BCUT2D eigenvalue weighted by molar-refractivity contribution is 1.20. The van der Waals surface area contributed by atoms with E-state index in [9.17, 15) is 0 Å². The van der Waals surface area contributed by atoms with Gasteiger partial charge < -0.3 is 0 Å². The Bertz CT molecular complexity index is 521. The topological polar surface area (TPSA) is 12.9 Å². The van der Waals surface area contributed by atoms with Gasteiger partial charge >= 0.3 is 0 Å². The van der Waals surface area contributed by atoms with Crippen LogP contribution >= 0.6 is 0 Å². The molecule has 1 aromatic carbocycles. The van der Waals surface area contributed by atoms with Crippen LogP contribution in [0.3, 0.4) is 0 Å². The van der Waals surface area contributed by atoms with Gasteiger partial charge in [0.15, 0.2) is 0 Å². The molecule has 0 bridgehead atoms. The first-order valence-corrected chi connectivity index (χ1v) is 4.80. The molecule has 0 unspecified atom stereocenters. The fraction of sp³-hybridized carbons (Fsp3) is 0.0714. The first-order chi connectivity index (χ1) is 7.33. The van der Waals surface area contributed by atoms with Crippen molar-refractivity contribution in [1.29, 1.82) is 0 Å². The number of terminal acetylenes is 1. The predicted octanol–water partition coefficient (Wildman–Crippen LogP) is 3.04. The van der Waals surface area contributed by atoms with Crippen LogP contribution in [0.15, 0.2) is 42.6 Å². The maximum absolute atomic E-state index is 5.47. The molecule has 1 aromatic heterocycles. The average molecular weight is 193 g/mol. The zero-order valence-electron chi connectivity index (χ0n) is 8.57. The predicted molar refractivity (Wildman–Crippen MR) is 62.3 cm³/mol. The number of pyridine rings is 1. The third-order valence-corrected chi connectivity index (χ3v) is 2.38. The lowest BCUT2D eigenvalue weighted by Crippen LogP contribution is -1.89. The third-order valence-electron chi connectivity index (χ3n) is 2.38. The molecule has 72 valence electrons. The van der Waals surface area contributed by atoms with Crippen molar-refractivity contribution in [3.05, 3.63) is 53.9 Å². The Morgan fingerprint density at radius 1 is 1.07 bits per heavy atom. The van der Waals surface area contributed by atoms with Crippen LogP contribution in [0.5, 0.6) is 0 Å². The molecule has 2 aromatic rings. The monoisotopic (exact) mass is 193 g/mol. The minimum Gasteiger partial charge on any atom is -0.261 e. The summed E-state index contributed by atoms with van der Waals surface area (Å²) in [5.41, 5.74) is 4.09. The van der Waals surface area contributed by atoms with Crippen molar-refractivity contribution >= 4 is 0 Å². The van der Waals surface area contributed by atoms with Gasteiger partial charge in [0.25, 0.3) is 0 Å². The molecule has 1 heteroatoms. The highest BCUT2D eigenvalue weighted by atomic mass is 14.7. The first kappa shape index (κ1) is 9.48. The fourth-order valence-electron chi connectivity index (χ4n) is 1.61. The maximum Gasteiger partial charge on any atom is 0.0451 e. The summed E-state index contributed by atoms with van der Waals surface area (Å²) in [6.07, 6.45) is 7.26. The fourth-order valence-corrected chi connectivity index (χ4v) is 1.61. The number of hydrogen-bond acceptors (Lipinski definition) is 1. The van der Waals surface area contributed by atoms with Crippen LogP contribution in [0.2, 0.25) is 0 Å². The highest BCUT2D eigenvalue weighted by Crippen LogP contribution is 2.24. The summed E-state index contributed by atoms with van der Waals surface area (Å²) >= 11 is 0. The van der Waals surface area contributed by atoms with Crippen molar-refractivity contribution in [2.45, 2.75) is 6.92 Å². The average Bonchev–Trinajstić information content (AvgIpc) is 2.30. The Hall–Kier alpha value is -2.07. The molecule has 0 N–H and O–H groups in total. The standard InChI is InChI=1S/C14H11N/c1-3-12-7-4-5-8-14(12)13-9-6-10-15-11(13)2/h1,4-10H,2H3. The smallest absolute Gasteiger partial charge is 0.0451 e. The van der Waals surface area contributed by atoms with E-state index in [-0.39, 0.29) is 0 Å². The highest BCUT2D eigenvalue weighted by molar-refractivity contribution is 5.72. The molecule has 1 nitrogen and oxygen atoms in total. The Kier molecular flexibility index (Phi) is 2.51. The molecule has 0 atom stereocenters. The van der Waals surface area contributed by atoms with Gasteiger partial charge in [0, 0.05) is 23.0 Å². The second-order valence-electron chi connectivity index (χ2n) is 3.33. The lowest BCUT2D eigenvalue weighted by atomic mass is 9.99. The van der Waals surface area contributed by atoms with E-state index in [0.29, 0.717) is 0 Å². The van der Waals surface area contributed by atoms with Gasteiger partial charge in [0.05, 0.1) is 0 Å². The summed E-state index contributed by atoms with van der Waals surface area (Å²) in [6, 6.07) is 11.9. The molecule has 0 saturated carbocycles. The van der Waals surface area contributed by atoms with E-state index in [0.717, 1.165) is 22.4 Å². The molecule has 0 fully saturated rings. The van der Waals surface area contributed by atoms with Gasteiger partial charge in [-0.3, -0.25) is 4.98 Å². The normalized spacial score (nSPS) is 9.60. The van der Waals surface area contributed by atoms with E-state index in [1.807, 2.05) is 43.3 Å². The van der Waals surface area contributed by atoms with Crippen molar-refractivity contribution in [1.82, 2.24) is 4.98 Å². The molecule has 0 spiro atoms. The SMILES string of the molecule is C#Cc1ccccc1-c1cccnc1C. The van der Waals surface area contributed by atoms with Gasteiger partial charge in [-0.25, -0.2) is 0 Å². The first-order valence-electron chi connectivity index (χ1n) is 4.80. The van der Waals surface area contributed by atoms with Crippen LogP contribution in [0.1, 0.15) is 11.3 Å². The molecule has 0 aliphatic carbocycles. The van der Waals surface area contributed by atoms with Crippen LogP contribution in [0, 0.1) is 19.3 Å². The second kappa shape index (κ2) is 3.98. The summed E-state index contributed by atoms with van der Waals surface area (Å²) in [5.74, 6) is 2.69. The number of rotatable bonds is 1. The number of aromatic nitrogens is 1. The van der Waals surface area contributed by atoms with E-state index >= 15 is 0 Å². The number of aryl methyl sites for hydroxylation is 1. The Morgan fingerprint density at radius 3 is 2.53 bits per heavy atom. The van der Waals surface area contributed by atoms with Crippen LogP contribution in [0.25, 0.3) is 11.1 Å². The van der Waals surface area contributed by atoms with E-state index in [1.165, 1.54) is 0 Å². The van der Waals surface area contributed by atoms with E-state index < -0.39 is 0 Å². The Balaban J connectivity index is 2.65. The Morgan fingerprint density at radius 2 is 1.80 bits per heavy atom. The molecule has 0 radical (unpaired) electrons. The van der Waals surface area contributed by atoms with E-state index in [2.05, 4.69) is 10.9 Å². The molecular weight excluding hydrogens is 182 g/mol. The minimum absolute atomic E-state index is 0.911. The second-order valence-corrected chi connectivity index (χ2v) is 3.33. The van der Waals surface area contributed by atoms with Crippen LogP contribution in [0.4, 0.5) is 0 Å². The summed E-state index contributed by atoms with van der Waals surface area (Å²) in [5, 5.41) is 0. The quantitative estimate of drug-likeness (QED) is 0.634. The zero-order chi connectivity index (χ0) is 10.7. The molecule has 1 heterocycles. The van der Waals surface area contributed by atoms with Crippen molar-refractivity contribution in [2.75, 3.05) is 0 Å². The molecule has 15 heavy (non-hydrogen) atoms. The summed E-state index contributed by atoms with van der Waals surface area (Å²) < 4.78 is 0. The van der Waals surface area contributed by atoms with Gasteiger partial charge in [-0.05, 0) is 24.6 Å². The summed E-state index contributed by atoms with van der Waals surface area (Å²) in [4.78, 5) is 4.26. The molecule has 0 aliphatic rings. The lowest BCUT2D eigenvalue weighted by Gasteiger charge is -2.06. The molecule has 2 rings (SSSR count).